The summed E-state index contributed by atoms with van der Waals surface area (Å²) in [7, 11) is 0. The summed E-state index contributed by atoms with van der Waals surface area (Å²) in [5, 5.41) is 0. The van der Waals surface area contributed by atoms with Crippen LogP contribution < -0.4 is 0 Å². The van der Waals surface area contributed by atoms with Crippen LogP contribution in [0.2, 0.25) is 0 Å². The van der Waals surface area contributed by atoms with E-state index in [4.69, 9.17) is 0 Å². The van der Waals surface area contributed by atoms with Crippen LogP contribution in [0.1, 0.15) is 56.9 Å². The van der Waals surface area contributed by atoms with E-state index in [1.54, 1.807) is 12.1 Å². The molecule has 0 spiro atoms. The second kappa shape index (κ2) is 7.09. The van der Waals surface area contributed by atoms with Gasteiger partial charge in [0.1, 0.15) is 5.82 Å². The smallest absolute Gasteiger partial charge is 0.123 e. The molecule has 0 atom stereocenters. The fourth-order valence-electron chi connectivity index (χ4n) is 3.81. The monoisotopic (exact) mass is 296 g/mol. The molecule has 1 aliphatic carbocycles. The molecular weight excluding hydrogens is 271 g/mol. The van der Waals surface area contributed by atoms with Crippen LogP contribution in [-0.4, -0.2) is 0 Å². The first kappa shape index (κ1) is 15.3. The Morgan fingerprint density at radius 2 is 1.64 bits per heavy atom. The minimum absolute atomic E-state index is 0.171. The summed E-state index contributed by atoms with van der Waals surface area (Å²) >= 11 is 0. The summed E-state index contributed by atoms with van der Waals surface area (Å²) in [6.45, 7) is 2.29. The average molecular weight is 296 g/mol. The van der Waals surface area contributed by atoms with Crippen molar-refractivity contribution in [2.24, 2.45) is 5.92 Å². The summed E-state index contributed by atoms with van der Waals surface area (Å²) in [6.07, 6.45) is 8.12. The van der Waals surface area contributed by atoms with Gasteiger partial charge in [0.2, 0.25) is 0 Å². The molecule has 0 N–H and O–H groups in total. The van der Waals surface area contributed by atoms with Crippen molar-refractivity contribution in [3.63, 3.8) is 0 Å². The van der Waals surface area contributed by atoms with Crippen LogP contribution in [0.4, 0.5) is 4.39 Å². The Kier molecular flexibility index (Phi) is 4.92. The number of benzene rings is 2. The van der Waals surface area contributed by atoms with Gasteiger partial charge in [0.15, 0.2) is 0 Å². The van der Waals surface area contributed by atoms with Crippen LogP contribution in [0.25, 0.3) is 11.1 Å². The first-order chi connectivity index (χ1) is 10.8. The van der Waals surface area contributed by atoms with Crippen molar-refractivity contribution in [3.8, 4) is 11.1 Å². The highest BCUT2D eigenvalue weighted by atomic mass is 19.1. The summed E-state index contributed by atoms with van der Waals surface area (Å²) < 4.78 is 13.3. The van der Waals surface area contributed by atoms with Gasteiger partial charge >= 0.3 is 0 Å². The molecule has 22 heavy (non-hydrogen) atoms. The molecule has 2 aromatic carbocycles. The van der Waals surface area contributed by atoms with Crippen molar-refractivity contribution in [2.45, 2.75) is 51.4 Å². The Bertz CT molecular complexity index is 592. The largest absolute Gasteiger partial charge is 0.207 e. The molecule has 1 heteroatoms. The third-order valence-electron chi connectivity index (χ3n) is 5.08. The van der Waals surface area contributed by atoms with Gasteiger partial charge in [0.05, 0.1) is 0 Å². The summed E-state index contributed by atoms with van der Waals surface area (Å²) in [5.41, 5.74) is 3.51. The molecule has 1 fully saturated rings. The van der Waals surface area contributed by atoms with Crippen LogP contribution in [0.15, 0.2) is 48.5 Å². The third-order valence-corrected chi connectivity index (χ3v) is 5.08. The van der Waals surface area contributed by atoms with Gasteiger partial charge in [0, 0.05) is 0 Å². The van der Waals surface area contributed by atoms with E-state index in [1.807, 2.05) is 6.07 Å². The van der Waals surface area contributed by atoms with E-state index in [1.165, 1.54) is 50.2 Å². The molecule has 0 aliphatic heterocycles. The molecule has 0 bridgehead atoms. The fraction of sp³-hybridized carbons (Fsp3) is 0.429. The molecule has 0 saturated heterocycles. The van der Waals surface area contributed by atoms with Gasteiger partial charge in [-0.05, 0) is 66.3 Å². The molecule has 0 amide bonds. The summed E-state index contributed by atoms with van der Waals surface area (Å²) in [4.78, 5) is 0. The SMILES string of the molecule is CCCC1CCC(c2ccc(-c3cccc(F)c3)cc2)CC1. The average Bonchev–Trinajstić information content (AvgIpc) is 2.56. The molecule has 116 valence electrons. The third kappa shape index (κ3) is 3.58. The van der Waals surface area contributed by atoms with Crippen LogP contribution in [0.5, 0.6) is 0 Å². The van der Waals surface area contributed by atoms with E-state index in [-0.39, 0.29) is 5.82 Å². The molecule has 2 aromatic rings. The highest BCUT2D eigenvalue weighted by Crippen LogP contribution is 2.37. The van der Waals surface area contributed by atoms with E-state index in [2.05, 4.69) is 31.2 Å². The topological polar surface area (TPSA) is 0 Å². The van der Waals surface area contributed by atoms with E-state index >= 15 is 0 Å². The molecule has 0 nitrogen and oxygen atoms in total. The zero-order chi connectivity index (χ0) is 15.4. The van der Waals surface area contributed by atoms with E-state index < -0.39 is 0 Å². The van der Waals surface area contributed by atoms with Gasteiger partial charge in [-0.25, -0.2) is 4.39 Å². The lowest BCUT2D eigenvalue weighted by atomic mass is 9.77. The Morgan fingerprint density at radius 1 is 0.909 bits per heavy atom. The van der Waals surface area contributed by atoms with Gasteiger partial charge < -0.3 is 0 Å². The molecule has 0 heterocycles. The van der Waals surface area contributed by atoms with Crippen molar-refractivity contribution in [3.05, 3.63) is 59.9 Å². The standard InChI is InChI=1S/C21H25F/c1-2-4-16-7-9-17(10-8-16)18-11-13-19(14-12-18)20-5-3-6-21(22)15-20/h3,5-6,11-17H,2,4,7-10H2,1H3. The van der Waals surface area contributed by atoms with E-state index in [0.717, 1.165) is 23.0 Å². The van der Waals surface area contributed by atoms with Crippen molar-refractivity contribution >= 4 is 0 Å². The summed E-state index contributed by atoms with van der Waals surface area (Å²) in [6, 6.07) is 15.6. The Labute approximate surface area is 133 Å². The second-order valence-electron chi connectivity index (χ2n) is 6.64. The van der Waals surface area contributed by atoms with Gasteiger partial charge in [0.25, 0.3) is 0 Å². The number of hydrogen-bond acceptors (Lipinski definition) is 0. The quantitative estimate of drug-likeness (QED) is 0.598. The lowest BCUT2D eigenvalue weighted by Gasteiger charge is -2.28. The number of halogens is 1. The predicted molar refractivity (Wildman–Crippen MR) is 91.4 cm³/mol. The zero-order valence-electron chi connectivity index (χ0n) is 13.4. The maximum atomic E-state index is 13.3. The molecule has 3 rings (SSSR count). The number of rotatable bonds is 4. The van der Waals surface area contributed by atoms with Crippen LogP contribution in [0, 0.1) is 11.7 Å². The van der Waals surface area contributed by atoms with Gasteiger partial charge in [-0.15, -0.1) is 0 Å². The lowest BCUT2D eigenvalue weighted by molar-refractivity contribution is 0.308. The molecule has 1 saturated carbocycles. The first-order valence-corrected chi connectivity index (χ1v) is 8.62. The Balaban J connectivity index is 1.67. The molecule has 0 unspecified atom stereocenters. The van der Waals surface area contributed by atoms with Gasteiger partial charge in [-0.3, -0.25) is 0 Å². The predicted octanol–water partition coefficient (Wildman–Crippen LogP) is 6.57. The minimum atomic E-state index is -0.171. The van der Waals surface area contributed by atoms with Crippen LogP contribution >= 0.6 is 0 Å². The van der Waals surface area contributed by atoms with Crippen LogP contribution in [-0.2, 0) is 0 Å². The van der Waals surface area contributed by atoms with Crippen molar-refractivity contribution in [1.29, 1.82) is 0 Å². The van der Waals surface area contributed by atoms with Crippen molar-refractivity contribution in [1.82, 2.24) is 0 Å². The zero-order valence-corrected chi connectivity index (χ0v) is 13.4. The number of hydrogen-bond donors (Lipinski definition) is 0. The highest BCUT2D eigenvalue weighted by Gasteiger charge is 2.21. The Morgan fingerprint density at radius 3 is 2.27 bits per heavy atom. The maximum absolute atomic E-state index is 13.3. The normalized spacial score (nSPS) is 21.7. The van der Waals surface area contributed by atoms with Gasteiger partial charge in [-0.2, -0.15) is 0 Å². The lowest BCUT2D eigenvalue weighted by Crippen LogP contribution is -2.13. The first-order valence-electron chi connectivity index (χ1n) is 8.62. The minimum Gasteiger partial charge on any atom is -0.207 e. The van der Waals surface area contributed by atoms with Crippen molar-refractivity contribution < 1.29 is 4.39 Å². The molecule has 0 radical (unpaired) electrons. The summed E-state index contributed by atoms with van der Waals surface area (Å²) in [5.74, 6) is 1.50. The molecule has 1 aliphatic rings. The van der Waals surface area contributed by atoms with Gasteiger partial charge in [-0.1, -0.05) is 56.2 Å². The highest BCUT2D eigenvalue weighted by molar-refractivity contribution is 5.63. The molecular formula is C21H25F. The fourth-order valence-corrected chi connectivity index (χ4v) is 3.81. The second-order valence-corrected chi connectivity index (χ2v) is 6.64. The van der Waals surface area contributed by atoms with E-state index in [9.17, 15) is 4.39 Å². The van der Waals surface area contributed by atoms with E-state index in [0.29, 0.717) is 0 Å². The van der Waals surface area contributed by atoms with Crippen LogP contribution in [0.3, 0.4) is 0 Å². The van der Waals surface area contributed by atoms with Crippen molar-refractivity contribution in [2.75, 3.05) is 0 Å². The molecule has 0 aromatic heterocycles. The Hall–Kier alpha value is -1.63. The maximum Gasteiger partial charge on any atom is 0.123 e.